The third-order valence-electron chi connectivity index (χ3n) is 6.47. The van der Waals surface area contributed by atoms with Gasteiger partial charge in [0.25, 0.3) is 0 Å². The molecule has 1 N–H and O–H groups in total. The molecule has 192 valence electrons. The summed E-state index contributed by atoms with van der Waals surface area (Å²) in [6, 6.07) is 21.5. The average Bonchev–Trinajstić information content (AvgIpc) is 3.33. The molecule has 6 nitrogen and oxygen atoms in total. The summed E-state index contributed by atoms with van der Waals surface area (Å²) in [4.78, 5) is 28.4. The van der Waals surface area contributed by atoms with Crippen molar-refractivity contribution in [3.63, 3.8) is 0 Å². The Kier molecular flexibility index (Phi) is 10.7. The Labute approximate surface area is 215 Å². The van der Waals surface area contributed by atoms with Crippen LogP contribution in [0.25, 0.3) is 16.9 Å². The minimum absolute atomic E-state index is 0.0288. The van der Waals surface area contributed by atoms with E-state index < -0.39 is 0 Å². The molecule has 0 aliphatic rings. The van der Waals surface area contributed by atoms with Crippen LogP contribution in [0.2, 0.25) is 0 Å². The largest absolute Gasteiger partial charge is 0.333 e. The lowest BCUT2D eigenvalue weighted by atomic mass is 9.97. The highest BCUT2D eigenvalue weighted by Gasteiger charge is 2.25. The van der Waals surface area contributed by atoms with E-state index in [2.05, 4.69) is 26.1 Å². The number of nitrogens with one attached hydrogen (secondary N) is 1. The summed E-state index contributed by atoms with van der Waals surface area (Å²) in [5.74, 6) is 0.448. The summed E-state index contributed by atoms with van der Waals surface area (Å²) >= 11 is 0. The van der Waals surface area contributed by atoms with Crippen LogP contribution in [0.3, 0.4) is 0 Å². The normalized spacial score (nSPS) is 11.8. The molecule has 2 amide bonds. The van der Waals surface area contributed by atoms with Crippen molar-refractivity contribution in [2.24, 2.45) is 5.92 Å². The van der Waals surface area contributed by atoms with E-state index in [9.17, 15) is 9.59 Å². The van der Waals surface area contributed by atoms with Crippen molar-refractivity contribution in [1.82, 2.24) is 14.7 Å². The van der Waals surface area contributed by atoms with E-state index in [0.29, 0.717) is 12.4 Å². The fraction of sp³-hybridized carbons (Fsp3) is 0.433. The number of amides is 2. The number of para-hydroxylation sites is 1. The van der Waals surface area contributed by atoms with Gasteiger partial charge in [0.15, 0.2) is 0 Å². The first-order valence-corrected chi connectivity index (χ1v) is 13.4. The highest BCUT2D eigenvalue weighted by Crippen LogP contribution is 2.25. The third-order valence-corrected chi connectivity index (χ3v) is 6.47. The van der Waals surface area contributed by atoms with Gasteiger partial charge in [-0.15, -0.1) is 0 Å². The zero-order valence-electron chi connectivity index (χ0n) is 22.0. The van der Waals surface area contributed by atoms with Crippen molar-refractivity contribution in [2.45, 2.75) is 65.7 Å². The lowest BCUT2D eigenvalue weighted by Crippen LogP contribution is -2.42. The Balaban J connectivity index is 1.82. The topological polar surface area (TPSA) is 67.2 Å². The maximum atomic E-state index is 13.4. The van der Waals surface area contributed by atoms with E-state index >= 15 is 0 Å². The molecule has 1 aromatic heterocycles. The summed E-state index contributed by atoms with van der Waals surface area (Å²) in [6.45, 7) is 7.00. The van der Waals surface area contributed by atoms with Crippen LogP contribution in [0.1, 0.15) is 65.7 Å². The zero-order valence-corrected chi connectivity index (χ0v) is 22.0. The van der Waals surface area contributed by atoms with Crippen LogP contribution in [-0.2, 0) is 9.59 Å². The number of nitrogens with zero attached hydrogens (tertiary/aromatic N) is 3. The Morgan fingerprint density at radius 1 is 0.917 bits per heavy atom. The molecular formula is C30H40N4O2. The number of rotatable bonds is 14. The summed E-state index contributed by atoms with van der Waals surface area (Å²) in [6.07, 6.45) is 6.77. The molecule has 1 heterocycles. The van der Waals surface area contributed by atoms with Crippen LogP contribution >= 0.6 is 0 Å². The van der Waals surface area contributed by atoms with Crippen LogP contribution in [-0.4, -0.2) is 39.6 Å². The van der Waals surface area contributed by atoms with E-state index in [1.54, 1.807) is 9.58 Å². The fourth-order valence-corrected chi connectivity index (χ4v) is 4.37. The first-order chi connectivity index (χ1) is 17.6. The van der Waals surface area contributed by atoms with Crippen LogP contribution in [0.4, 0.5) is 5.82 Å². The van der Waals surface area contributed by atoms with Crippen molar-refractivity contribution >= 4 is 17.6 Å². The number of hydrogen-bond acceptors (Lipinski definition) is 3. The van der Waals surface area contributed by atoms with Crippen molar-refractivity contribution in [3.8, 4) is 16.9 Å². The second-order valence-electron chi connectivity index (χ2n) is 9.29. The predicted molar refractivity (Wildman–Crippen MR) is 147 cm³/mol. The number of benzene rings is 2. The Morgan fingerprint density at radius 3 is 2.22 bits per heavy atom. The van der Waals surface area contributed by atoms with Gasteiger partial charge in [-0.2, -0.15) is 5.10 Å². The van der Waals surface area contributed by atoms with Gasteiger partial charge >= 0.3 is 0 Å². The van der Waals surface area contributed by atoms with Gasteiger partial charge in [-0.05, 0) is 31.4 Å². The maximum Gasteiger partial charge on any atom is 0.245 e. The fourth-order valence-electron chi connectivity index (χ4n) is 4.37. The predicted octanol–water partition coefficient (Wildman–Crippen LogP) is 6.71. The number of anilines is 1. The van der Waals surface area contributed by atoms with Gasteiger partial charge in [0.1, 0.15) is 5.82 Å². The van der Waals surface area contributed by atoms with Gasteiger partial charge in [-0.3, -0.25) is 9.59 Å². The van der Waals surface area contributed by atoms with Gasteiger partial charge in [0.05, 0.1) is 17.9 Å². The quantitative estimate of drug-likeness (QED) is 0.256. The van der Waals surface area contributed by atoms with Crippen LogP contribution in [0, 0.1) is 5.92 Å². The molecule has 1 unspecified atom stereocenters. The zero-order chi connectivity index (χ0) is 25.8. The molecule has 0 saturated carbocycles. The molecule has 0 saturated heterocycles. The summed E-state index contributed by atoms with van der Waals surface area (Å²) in [5, 5.41) is 7.82. The first-order valence-electron chi connectivity index (χ1n) is 13.4. The Morgan fingerprint density at radius 2 is 1.58 bits per heavy atom. The van der Waals surface area contributed by atoms with Gasteiger partial charge < -0.3 is 10.2 Å². The van der Waals surface area contributed by atoms with Crippen molar-refractivity contribution in [1.29, 1.82) is 0 Å². The highest BCUT2D eigenvalue weighted by molar-refractivity contribution is 5.95. The Hall–Kier alpha value is -3.41. The van der Waals surface area contributed by atoms with Gasteiger partial charge in [0.2, 0.25) is 11.8 Å². The standard InChI is InChI=1S/C30H40N4O2/c1-4-7-15-21-33(30(36)24(6-3)16-8-5-2)23-29(35)31-28-22-27(25-17-11-9-12-18-25)32-34(28)26-19-13-10-14-20-26/h9-14,17-20,22,24H,4-8,15-16,21,23H2,1-3H3,(H,31,35). The van der Waals surface area contributed by atoms with Crippen LogP contribution in [0.15, 0.2) is 66.7 Å². The first kappa shape index (κ1) is 27.2. The van der Waals surface area contributed by atoms with Crippen molar-refractivity contribution in [3.05, 3.63) is 66.7 Å². The monoisotopic (exact) mass is 488 g/mol. The molecule has 1 atom stereocenters. The molecular weight excluding hydrogens is 448 g/mol. The third kappa shape index (κ3) is 7.54. The van der Waals surface area contributed by atoms with Gasteiger partial charge in [-0.25, -0.2) is 4.68 Å². The van der Waals surface area contributed by atoms with Crippen LogP contribution in [0.5, 0.6) is 0 Å². The number of hydrogen-bond donors (Lipinski definition) is 1. The summed E-state index contributed by atoms with van der Waals surface area (Å²) in [5.41, 5.74) is 2.61. The van der Waals surface area contributed by atoms with E-state index in [-0.39, 0.29) is 24.3 Å². The second-order valence-corrected chi connectivity index (χ2v) is 9.29. The van der Waals surface area contributed by atoms with Gasteiger partial charge in [0, 0.05) is 24.1 Å². The molecule has 0 radical (unpaired) electrons. The number of carbonyl (C=O) groups is 2. The van der Waals surface area contributed by atoms with Crippen LogP contribution < -0.4 is 5.32 Å². The molecule has 3 aromatic rings. The van der Waals surface area contributed by atoms with Gasteiger partial charge in [-0.1, -0.05) is 95.0 Å². The second kappa shape index (κ2) is 14.2. The lowest BCUT2D eigenvalue weighted by Gasteiger charge is -2.26. The SMILES string of the molecule is CCCCCN(CC(=O)Nc1cc(-c2ccccc2)nn1-c1ccccc1)C(=O)C(CC)CCCC. The van der Waals surface area contributed by atoms with Crippen molar-refractivity contribution in [2.75, 3.05) is 18.4 Å². The minimum atomic E-state index is -0.207. The smallest absolute Gasteiger partial charge is 0.245 e. The van der Waals surface area contributed by atoms with Crippen molar-refractivity contribution < 1.29 is 9.59 Å². The van der Waals surface area contributed by atoms with E-state index in [1.165, 1.54) is 0 Å². The molecule has 0 fully saturated rings. The molecule has 6 heteroatoms. The summed E-state index contributed by atoms with van der Waals surface area (Å²) < 4.78 is 1.75. The molecule has 36 heavy (non-hydrogen) atoms. The molecule has 2 aromatic carbocycles. The lowest BCUT2D eigenvalue weighted by molar-refractivity contribution is -0.138. The molecule has 0 aliphatic carbocycles. The molecule has 0 spiro atoms. The number of aromatic nitrogens is 2. The number of unbranched alkanes of at least 4 members (excludes halogenated alkanes) is 3. The van der Waals surface area contributed by atoms with E-state index in [1.807, 2.05) is 66.7 Å². The Bertz CT molecular complexity index is 1080. The maximum absolute atomic E-state index is 13.4. The molecule has 3 rings (SSSR count). The molecule has 0 bridgehead atoms. The molecule has 0 aliphatic heterocycles. The average molecular weight is 489 g/mol. The minimum Gasteiger partial charge on any atom is -0.333 e. The summed E-state index contributed by atoms with van der Waals surface area (Å²) in [7, 11) is 0. The van der Waals surface area contributed by atoms with E-state index in [0.717, 1.165) is 61.9 Å². The van der Waals surface area contributed by atoms with E-state index in [4.69, 9.17) is 5.10 Å². The number of carbonyl (C=O) groups excluding carboxylic acids is 2. The highest BCUT2D eigenvalue weighted by atomic mass is 16.2.